The predicted molar refractivity (Wildman–Crippen MR) is 36.3 cm³/mol. The number of ether oxygens (including phenoxy) is 1. The van der Waals surface area contributed by atoms with Gasteiger partial charge in [-0.1, -0.05) is 0 Å². The van der Waals surface area contributed by atoms with Gasteiger partial charge in [-0.3, -0.25) is 0 Å². The molecule has 0 aromatic carbocycles. The number of hydrogen-bond acceptors (Lipinski definition) is 2. The smallest absolute Gasteiger partial charge is 0.124 e. The van der Waals surface area contributed by atoms with E-state index >= 15 is 0 Å². The van der Waals surface area contributed by atoms with Crippen molar-refractivity contribution in [3.05, 3.63) is 30.2 Å². The molecule has 0 saturated heterocycles. The molecule has 0 unspecified atom stereocenters. The summed E-state index contributed by atoms with van der Waals surface area (Å²) in [5.41, 5.74) is 0. The van der Waals surface area contributed by atoms with Gasteiger partial charge in [-0.25, -0.2) is 0 Å². The van der Waals surface area contributed by atoms with Gasteiger partial charge in [0.25, 0.3) is 0 Å². The maximum absolute atomic E-state index is 5.01. The van der Waals surface area contributed by atoms with E-state index in [1.807, 2.05) is 25.3 Å². The van der Waals surface area contributed by atoms with Gasteiger partial charge in [0.05, 0.1) is 7.11 Å². The Morgan fingerprint density at radius 2 is 2.33 bits per heavy atom. The summed E-state index contributed by atoms with van der Waals surface area (Å²) in [5.74, 6) is 0.900. The Morgan fingerprint density at radius 3 is 2.78 bits per heavy atom. The van der Waals surface area contributed by atoms with Crippen molar-refractivity contribution in [3.8, 4) is 0 Å². The molecule has 1 radical (unpaired) electrons. The number of dihydropyridines is 1. The summed E-state index contributed by atoms with van der Waals surface area (Å²) in [4.78, 5) is 0. The Balaban J connectivity index is 2.63. The van der Waals surface area contributed by atoms with E-state index in [1.54, 1.807) is 7.11 Å². The fourth-order valence-corrected chi connectivity index (χ4v) is 0.726. The Morgan fingerprint density at radius 1 is 1.56 bits per heavy atom. The lowest BCUT2D eigenvalue weighted by Crippen LogP contribution is -2.17. The fraction of sp³-hybridized carbons (Fsp3) is 0.286. The van der Waals surface area contributed by atoms with Crippen LogP contribution in [-0.4, -0.2) is 7.11 Å². The third-order valence-corrected chi connectivity index (χ3v) is 1.23. The van der Waals surface area contributed by atoms with E-state index in [-0.39, 0.29) is 0 Å². The molecule has 0 aromatic heterocycles. The number of methoxy groups -OCH3 is 1. The summed E-state index contributed by atoms with van der Waals surface area (Å²) in [6.45, 7) is 1.97. The van der Waals surface area contributed by atoms with Gasteiger partial charge in [0, 0.05) is 0 Å². The molecule has 2 nitrogen and oxygen atoms in total. The van der Waals surface area contributed by atoms with Gasteiger partial charge in [0.2, 0.25) is 0 Å². The van der Waals surface area contributed by atoms with Crippen LogP contribution in [-0.2, 0) is 4.74 Å². The van der Waals surface area contributed by atoms with Crippen LogP contribution in [0.25, 0.3) is 0 Å². The largest absolute Gasteiger partial charge is 0.499 e. The summed E-state index contributed by atoms with van der Waals surface area (Å²) < 4.78 is 5.01. The van der Waals surface area contributed by atoms with Crippen molar-refractivity contribution < 1.29 is 4.74 Å². The van der Waals surface area contributed by atoms with Crippen LogP contribution in [0, 0.1) is 6.04 Å². The molecule has 0 aromatic rings. The average Bonchev–Trinajstić information content (AvgIpc) is 1.89. The first-order chi connectivity index (χ1) is 4.34. The molecule has 9 heavy (non-hydrogen) atoms. The van der Waals surface area contributed by atoms with Gasteiger partial charge >= 0.3 is 0 Å². The van der Waals surface area contributed by atoms with E-state index < -0.39 is 0 Å². The first kappa shape index (κ1) is 6.20. The van der Waals surface area contributed by atoms with Gasteiger partial charge in [0.1, 0.15) is 11.8 Å². The Bertz CT molecular complexity index is 149. The minimum atomic E-state index is 0.900. The van der Waals surface area contributed by atoms with Crippen LogP contribution in [0.15, 0.2) is 24.1 Å². The van der Waals surface area contributed by atoms with E-state index in [0.29, 0.717) is 0 Å². The van der Waals surface area contributed by atoms with Crippen LogP contribution in [0.3, 0.4) is 0 Å². The number of nitrogens with one attached hydrogen (secondary N) is 1. The normalized spacial score (nSPS) is 18.7. The molecule has 1 aliphatic heterocycles. The molecule has 0 bridgehead atoms. The van der Waals surface area contributed by atoms with E-state index in [4.69, 9.17) is 4.74 Å². The van der Waals surface area contributed by atoms with Crippen molar-refractivity contribution in [1.29, 1.82) is 0 Å². The molecule has 1 aliphatic rings. The molecule has 0 fully saturated rings. The molecule has 1 heterocycles. The molecular weight excluding hydrogens is 114 g/mol. The molecule has 0 saturated carbocycles. The highest BCUT2D eigenvalue weighted by molar-refractivity contribution is 5.25. The second-order valence-corrected chi connectivity index (χ2v) is 1.86. The predicted octanol–water partition coefficient (Wildman–Crippen LogP) is 1.19. The SMILES string of the molecule is COC1=CC=CN[C]1C. The fourth-order valence-electron chi connectivity index (χ4n) is 0.726. The van der Waals surface area contributed by atoms with E-state index in [9.17, 15) is 0 Å². The topological polar surface area (TPSA) is 21.3 Å². The molecule has 1 rings (SSSR count). The Hall–Kier alpha value is -0.920. The number of rotatable bonds is 1. The highest BCUT2D eigenvalue weighted by Gasteiger charge is 2.08. The van der Waals surface area contributed by atoms with Crippen molar-refractivity contribution in [1.82, 2.24) is 5.32 Å². The second kappa shape index (κ2) is 2.58. The van der Waals surface area contributed by atoms with Crippen LogP contribution < -0.4 is 5.32 Å². The maximum atomic E-state index is 5.01. The van der Waals surface area contributed by atoms with Gasteiger partial charge < -0.3 is 10.1 Å². The van der Waals surface area contributed by atoms with E-state index in [0.717, 1.165) is 11.8 Å². The molecule has 0 amide bonds. The minimum absolute atomic E-state index is 0.900. The second-order valence-electron chi connectivity index (χ2n) is 1.86. The van der Waals surface area contributed by atoms with E-state index in [1.165, 1.54) is 0 Å². The highest BCUT2D eigenvalue weighted by atomic mass is 16.5. The summed E-state index contributed by atoms with van der Waals surface area (Å²) in [5, 5.41) is 3.03. The highest BCUT2D eigenvalue weighted by Crippen LogP contribution is 2.12. The van der Waals surface area contributed by atoms with Crippen LogP contribution in [0.5, 0.6) is 0 Å². The van der Waals surface area contributed by atoms with Gasteiger partial charge in [-0.2, -0.15) is 0 Å². The zero-order valence-electron chi connectivity index (χ0n) is 5.64. The Labute approximate surface area is 55.2 Å². The van der Waals surface area contributed by atoms with Gasteiger partial charge in [-0.15, -0.1) is 0 Å². The van der Waals surface area contributed by atoms with Crippen molar-refractivity contribution >= 4 is 0 Å². The van der Waals surface area contributed by atoms with E-state index in [2.05, 4.69) is 5.32 Å². The maximum Gasteiger partial charge on any atom is 0.124 e. The zero-order chi connectivity index (χ0) is 6.69. The molecule has 0 atom stereocenters. The number of hydrogen-bond donors (Lipinski definition) is 1. The average molecular weight is 124 g/mol. The Kier molecular flexibility index (Phi) is 1.78. The minimum Gasteiger partial charge on any atom is -0.499 e. The van der Waals surface area contributed by atoms with Crippen molar-refractivity contribution in [2.24, 2.45) is 0 Å². The van der Waals surface area contributed by atoms with Crippen LogP contribution in [0.4, 0.5) is 0 Å². The van der Waals surface area contributed by atoms with Gasteiger partial charge in [-0.05, 0) is 25.3 Å². The first-order valence-electron chi connectivity index (χ1n) is 2.86. The van der Waals surface area contributed by atoms with Crippen LogP contribution in [0.1, 0.15) is 6.92 Å². The first-order valence-corrected chi connectivity index (χ1v) is 2.86. The third-order valence-electron chi connectivity index (χ3n) is 1.23. The summed E-state index contributed by atoms with van der Waals surface area (Å²) in [7, 11) is 1.66. The molecule has 0 spiro atoms. The molecular formula is C7H10NO. The zero-order valence-corrected chi connectivity index (χ0v) is 5.64. The lowest BCUT2D eigenvalue weighted by atomic mass is 10.2. The molecule has 49 valence electrons. The molecule has 2 heteroatoms. The lowest BCUT2D eigenvalue weighted by molar-refractivity contribution is 0.283. The quantitative estimate of drug-likeness (QED) is 0.566. The van der Waals surface area contributed by atoms with Gasteiger partial charge in [0.15, 0.2) is 0 Å². The summed E-state index contributed by atoms with van der Waals surface area (Å²) in [6.07, 6.45) is 5.70. The lowest BCUT2D eigenvalue weighted by Gasteiger charge is -2.15. The van der Waals surface area contributed by atoms with Crippen molar-refractivity contribution in [2.45, 2.75) is 6.92 Å². The van der Waals surface area contributed by atoms with Crippen LogP contribution in [0.2, 0.25) is 0 Å². The number of allylic oxidation sites excluding steroid dienone is 2. The third kappa shape index (κ3) is 1.25. The molecule has 0 aliphatic carbocycles. The standard InChI is InChI=1S/C7H10NO/c1-6-7(9-2)4-3-5-8-6/h3-5,8H,1-2H3. The monoisotopic (exact) mass is 124 g/mol. The molecule has 1 N–H and O–H groups in total. The van der Waals surface area contributed by atoms with Crippen LogP contribution >= 0.6 is 0 Å². The van der Waals surface area contributed by atoms with Crippen molar-refractivity contribution in [2.75, 3.05) is 7.11 Å². The summed E-state index contributed by atoms with van der Waals surface area (Å²) in [6, 6.07) is 1.06. The summed E-state index contributed by atoms with van der Waals surface area (Å²) >= 11 is 0. The van der Waals surface area contributed by atoms with Crippen molar-refractivity contribution in [3.63, 3.8) is 0 Å².